The Morgan fingerprint density at radius 2 is 2.00 bits per heavy atom. The van der Waals surface area contributed by atoms with Gasteiger partial charge < -0.3 is 19.3 Å². The Balaban J connectivity index is 1.55. The fraction of sp³-hybridized carbons (Fsp3) is 0.455. The summed E-state index contributed by atoms with van der Waals surface area (Å²) in [5, 5.41) is 10.0. The predicted molar refractivity (Wildman–Crippen MR) is 98.7 cm³/mol. The Hall–Kier alpha value is -1.72. The smallest absolute Gasteiger partial charge is 0.117 e. The number of fused-ring (bicyclic) bond motifs is 3. The van der Waals surface area contributed by atoms with E-state index in [9.17, 15) is 5.11 Å². The minimum atomic E-state index is -0.517. The molecule has 0 radical (unpaired) electrons. The molecule has 0 aliphatic carbocycles. The molecule has 26 heavy (non-hydrogen) atoms. The van der Waals surface area contributed by atoms with Gasteiger partial charge in [0.1, 0.15) is 18.3 Å². The topological polar surface area (TPSA) is 47.9 Å². The number of ether oxygens (including phenoxy) is 3. The molecule has 1 fully saturated rings. The maximum absolute atomic E-state index is 10.0. The predicted octanol–water partition coefficient (Wildman–Crippen LogP) is 3.99. The second-order valence-corrected chi connectivity index (χ2v) is 7.33. The minimum Gasteiger partial charge on any atom is -0.389 e. The van der Waals surface area contributed by atoms with Crippen LogP contribution in [0.1, 0.15) is 53.9 Å². The van der Waals surface area contributed by atoms with Crippen LogP contribution >= 0.6 is 0 Å². The first-order valence-electron chi connectivity index (χ1n) is 9.29. The highest BCUT2D eigenvalue weighted by atomic mass is 16.6. The van der Waals surface area contributed by atoms with Gasteiger partial charge in [-0.05, 0) is 48.6 Å². The molecule has 138 valence electrons. The van der Waals surface area contributed by atoms with Gasteiger partial charge >= 0.3 is 0 Å². The average Bonchev–Trinajstić information content (AvgIpc) is 2.96. The van der Waals surface area contributed by atoms with Crippen molar-refractivity contribution in [1.82, 2.24) is 0 Å². The highest BCUT2D eigenvalue weighted by Crippen LogP contribution is 2.43. The summed E-state index contributed by atoms with van der Waals surface area (Å²) in [5.74, 6) is 0. The van der Waals surface area contributed by atoms with Crippen LogP contribution in [0.15, 0.2) is 42.5 Å². The summed E-state index contributed by atoms with van der Waals surface area (Å²) in [6, 6.07) is 14.3. The van der Waals surface area contributed by atoms with Gasteiger partial charge in [-0.15, -0.1) is 0 Å². The first-order chi connectivity index (χ1) is 12.6. The van der Waals surface area contributed by atoms with E-state index >= 15 is 0 Å². The number of aryl methyl sites for hydroxylation is 1. The highest BCUT2D eigenvalue weighted by Gasteiger charge is 2.47. The molecule has 2 aliphatic rings. The van der Waals surface area contributed by atoms with Crippen molar-refractivity contribution in [3.05, 3.63) is 70.3 Å². The van der Waals surface area contributed by atoms with E-state index in [1.54, 1.807) is 6.92 Å². The van der Waals surface area contributed by atoms with Gasteiger partial charge in [-0.25, -0.2) is 0 Å². The average molecular weight is 354 g/mol. The largest absolute Gasteiger partial charge is 0.389 e. The normalized spacial score (nSPS) is 28.5. The zero-order chi connectivity index (χ0) is 18.3. The van der Waals surface area contributed by atoms with Gasteiger partial charge in [0.2, 0.25) is 0 Å². The van der Waals surface area contributed by atoms with E-state index in [2.05, 4.69) is 25.1 Å². The van der Waals surface area contributed by atoms with Crippen molar-refractivity contribution >= 4 is 0 Å². The van der Waals surface area contributed by atoms with Crippen LogP contribution in [0.2, 0.25) is 0 Å². The Labute approximate surface area is 154 Å². The van der Waals surface area contributed by atoms with Crippen LogP contribution in [0, 0.1) is 6.92 Å². The molecular formula is C22H26O4. The number of aliphatic hydroxyl groups excluding tert-OH is 1. The molecule has 4 heteroatoms. The lowest BCUT2D eigenvalue weighted by Gasteiger charge is -2.31. The zero-order valence-corrected chi connectivity index (χ0v) is 15.5. The van der Waals surface area contributed by atoms with Crippen molar-refractivity contribution in [3.63, 3.8) is 0 Å². The molecule has 0 bridgehead atoms. The van der Waals surface area contributed by atoms with Gasteiger partial charge in [-0.2, -0.15) is 0 Å². The summed E-state index contributed by atoms with van der Waals surface area (Å²) in [7, 11) is 0. The number of hydrogen-bond acceptors (Lipinski definition) is 4. The molecule has 0 saturated carbocycles. The van der Waals surface area contributed by atoms with E-state index in [-0.39, 0.29) is 24.4 Å². The molecule has 5 atom stereocenters. The Morgan fingerprint density at radius 3 is 2.77 bits per heavy atom. The molecule has 0 spiro atoms. The van der Waals surface area contributed by atoms with Crippen molar-refractivity contribution in [3.8, 4) is 0 Å². The molecule has 2 aromatic carbocycles. The summed E-state index contributed by atoms with van der Waals surface area (Å²) in [4.78, 5) is 0. The fourth-order valence-corrected chi connectivity index (χ4v) is 4.07. The molecule has 4 rings (SSSR count). The lowest BCUT2D eigenvalue weighted by molar-refractivity contribution is -0.0860. The third kappa shape index (κ3) is 3.08. The molecule has 2 aromatic rings. The molecule has 0 amide bonds. The van der Waals surface area contributed by atoms with Crippen molar-refractivity contribution in [2.24, 2.45) is 0 Å². The fourth-order valence-electron chi connectivity index (χ4n) is 4.07. The van der Waals surface area contributed by atoms with Crippen LogP contribution in [0.3, 0.4) is 0 Å². The maximum Gasteiger partial charge on any atom is 0.117 e. The zero-order valence-electron chi connectivity index (χ0n) is 15.5. The maximum atomic E-state index is 10.0. The molecule has 1 saturated heterocycles. The van der Waals surface area contributed by atoms with Crippen molar-refractivity contribution in [2.45, 2.75) is 64.5 Å². The van der Waals surface area contributed by atoms with Gasteiger partial charge in [0.15, 0.2) is 0 Å². The standard InChI is InChI=1S/C22H26O4/c1-13-7-4-5-8-16(13)11-24-20-15(3)26-21-18-10-6-9-17(14(2)23)19(18)12-25-22(20)21/h4-10,14-15,20-23H,11-12H2,1-3H3/t14?,15-,20+,21-,22-/m1/s1. The third-order valence-corrected chi connectivity index (χ3v) is 5.56. The van der Waals surface area contributed by atoms with Crippen LogP contribution in [0.25, 0.3) is 0 Å². The van der Waals surface area contributed by atoms with E-state index < -0.39 is 6.10 Å². The van der Waals surface area contributed by atoms with Gasteiger partial charge in [0.25, 0.3) is 0 Å². The van der Waals surface area contributed by atoms with Crippen molar-refractivity contribution in [2.75, 3.05) is 0 Å². The number of aliphatic hydroxyl groups is 1. The van der Waals surface area contributed by atoms with Crippen molar-refractivity contribution in [1.29, 1.82) is 0 Å². The first kappa shape index (κ1) is 17.7. The Bertz CT molecular complexity index is 785. The van der Waals surface area contributed by atoms with Crippen LogP contribution in [0.4, 0.5) is 0 Å². The molecule has 1 unspecified atom stereocenters. The molecule has 4 nitrogen and oxygen atoms in total. The van der Waals surface area contributed by atoms with E-state index in [0.29, 0.717) is 13.2 Å². The number of benzene rings is 2. The Morgan fingerprint density at radius 1 is 1.19 bits per heavy atom. The monoisotopic (exact) mass is 354 g/mol. The molecular weight excluding hydrogens is 328 g/mol. The quantitative estimate of drug-likeness (QED) is 0.902. The lowest BCUT2D eigenvalue weighted by atomic mass is 9.90. The number of rotatable bonds is 4. The summed E-state index contributed by atoms with van der Waals surface area (Å²) in [6.07, 6.45) is -0.935. The molecule has 2 heterocycles. The van der Waals surface area contributed by atoms with E-state index in [4.69, 9.17) is 14.2 Å². The summed E-state index contributed by atoms with van der Waals surface area (Å²) >= 11 is 0. The number of hydrogen-bond donors (Lipinski definition) is 1. The van der Waals surface area contributed by atoms with Gasteiger partial charge in [-0.1, -0.05) is 42.5 Å². The SMILES string of the molecule is Cc1ccccc1CO[C@@H]1[C@H]2OCc3c(C(C)O)cccc3[C@H]2O[C@@H]1C. The third-order valence-electron chi connectivity index (χ3n) is 5.56. The van der Waals surface area contributed by atoms with Crippen LogP contribution < -0.4 is 0 Å². The van der Waals surface area contributed by atoms with Gasteiger partial charge in [-0.3, -0.25) is 0 Å². The minimum absolute atomic E-state index is 0.0461. The lowest BCUT2D eigenvalue weighted by Crippen LogP contribution is -2.37. The van der Waals surface area contributed by atoms with E-state index in [0.717, 1.165) is 16.7 Å². The van der Waals surface area contributed by atoms with E-state index in [1.165, 1.54) is 11.1 Å². The summed E-state index contributed by atoms with van der Waals surface area (Å²) < 4.78 is 18.6. The molecule has 1 N–H and O–H groups in total. The highest BCUT2D eigenvalue weighted by molar-refractivity contribution is 5.40. The first-order valence-corrected chi connectivity index (χ1v) is 9.29. The van der Waals surface area contributed by atoms with Gasteiger partial charge in [0, 0.05) is 0 Å². The van der Waals surface area contributed by atoms with E-state index in [1.807, 2.05) is 31.2 Å². The second kappa shape index (κ2) is 7.12. The van der Waals surface area contributed by atoms with Crippen LogP contribution in [0.5, 0.6) is 0 Å². The summed E-state index contributed by atoms with van der Waals surface area (Å²) in [6.45, 7) is 6.97. The molecule has 2 aliphatic heterocycles. The second-order valence-electron chi connectivity index (χ2n) is 7.33. The van der Waals surface area contributed by atoms with Gasteiger partial charge in [0.05, 0.1) is 25.4 Å². The van der Waals surface area contributed by atoms with Crippen LogP contribution in [-0.2, 0) is 27.4 Å². The Kier molecular flexibility index (Phi) is 4.84. The van der Waals surface area contributed by atoms with Crippen molar-refractivity contribution < 1.29 is 19.3 Å². The summed E-state index contributed by atoms with van der Waals surface area (Å²) in [5.41, 5.74) is 5.51. The van der Waals surface area contributed by atoms with Crippen LogP contribution in [-0.4, -0.2) is 23.4 Å². The molecule has 0 aromatic heterocycles.